The number of carbonyl (C=O) groups is 2. The molecule has 130 valence electrons. The molecule has 3 aromatic rings. The number of benzene rings is 2. The molecule has 0 atom stereocenters. The zero-order chi connectivity index (χ0) is 18.5. The third-order valence-corrected chi connectivity index (χ3v) is 4.29. The lowest BCUT2D eigenvalue weighted by Gasteiger charge is -2.06. The molecule has 3 rings (SSSR count). The number of carboxylic acids is 1. The Hall–Kier alpha value is -2.94. The molecule has 0 spiro atoms. The second-order valence-electron chi connectivity index (χ2n) is 5.36. The van der Waals surface area contributed by atoms with Crippen molar-refractivity contribution in [2.45, 2.75) is 0 Å². The van der Waals surface area contributed by atoms with Crippen molar-refractivity contribution in [1.82, 2.24) is 9.99 Å². The van der Waals surface area contributed by atoms with Crippen molar-refractivity contribution in [1.29, 1.82) is 0 Å². The highest BCUT2D eigenvalue weighted by molar-refractivity contribution is 14.1. The lowest BCUT2D eigenvalue weighted by Crippen LogP contribution is -2.17. The molecular formula is C19H14IN3O3. The van der Waals surface area contributed by atoms with Crippen molar-refractivity contribution < 1.29 is 14.7 Å². The van der Waals surface area contributed by atoms with Crippen LogP contribution in [0.3, 0.4) is 0 Å². The van der Waals surface area contributed by atoms with Gasteiger partial charge < -0.3 is 9.67 Å². The van der Waals surface area contributed by atoms with E-state index in [-0.39, 0.29) is 11.5 Å². The van der Waals surface area contributed by atoms with Gasteiger partial charge in [0.2, 0.25) is 0 Å². The minimum Gasteiger partial charge on any atom is -0.478 e. The van der Waals surface area contributed by atoms with E-state index in [4.69, 9.17) is 5.11 Å². The summed E-state index contributed by atoms with van der Waals surface area (Å²) >= 11 is 2.14. The number of hydrogen-bond acceptors (Lipinski definition) is 3. The molecule has 0 saturated heterocycles. The number of aromatic nitrogens is 1. The summed E-state index contributed by atoms with van der Waals surface area (Å²) in [5, 5.41) is 13.0. The van der Waals surface area contributed by atoms with E-state index in [9.17, 15) is 9.59 Å². The van der Waals surface area contributed by atoms with E-state index in [0.29, 0.717) is 5.56 Å². The van der Waals surface area contributed by atoms with Crippen LogP contribution in [-0.4, -0.2) is 27.8 Å². The molecule has 0 unspecified atom stereocenters. The van der Waals surface area contributed by atoms with Crippen LogP contribution in [0.5, 0.6) is 0 Å². The lowest BCUT2D eigenvalue weighted by atomic mass is 10.2. The van der Waals surface area contributed by atoms with E-state index in [2.05, 4.69) is 33.1 Å². The number of halogens is 1. The first-order valence-electron chi connectivity index (χ1n) is 7.64. The fraction of sp³-hybridized carbons (Fsp3) is 0. The van der Waals surface area contributed by atoms with Gasteiger partial charge in [-0.3, -0.25) is 4.79 Å². The molecule has 0 saturated carbocycles. The number of nitrogens with one attached hydrogen (secondary N) is 1. The first-order chi connectivity index (χ1) is 12.5. The number of nitrogens with zero attached hydrogens (tertiary/aromatic N) is 2. The Kier molecular flexibility index (Phi) is 5.47. The van der Waals surface area contributed by atoms with Gasteiger partial charge in [-0.2, -0.15) is 5.10 Å². The zero-order valence-corrected chi connectivity index (χ0v) is 15.6. The van der Waals surface area contributed by atoms with Crippen LogP contribution in [0, 0.1) is 3.57 Å². The minimum atomic E-state index is -0.968. The summed E-state index contributed by atoms with van der Waals surface area (Å²) in [5.74, 6) is -1.26. The molecule has 0 bridgehead atoms. The topological polar surface area (TPSA) is 83.7 Å². The van der Waals surface area contributed by atoms with Crippen LogP contribution >= 0.6 is 22.6 Å². The van der Waals surface area contributed by atoms with Crippen LogP contribution in [0.1, 0.15) is 26.4 Å². The maximum Gasteiger partial charge on any atom is 0.335 e. The van der Waals surface area contributed by atoms with E-state index in [1.807, 2.05) is 35.0 Å². The Morgan fingerprint density at radius 2 is 1.81 bits per heavy atom. The molecular weight excluding hydrogens is 445 g/mol. The standard InChI is InChI=1S/C19H14IN3O3/c20-15-4-1-3-14(11-15)18(24)22-21-12-17-5-2-10-23(17)16-8-6-13(7-9-16)19(25)26/h1-12H,(H,22,24)(H,25,26)/b21-12-. The third kappa shape index (κ3) is 4.17. The number of amides is 1. The second-order valence-corrected chi connectivity index (χ2v) is 6.61. The molecule has 0 aliphatic rings. The van der Waals surface area contributed by atoms with Gasteiger partial charge >= 0.3 is 5.97 Å². The molecule has 6 nitrogen and oxygen atoms in total. The summed E-state index contributed by atoms with van der Waals surface area (Å²) in [6.45, 7) is 0. The van der Waals surface area contributed by atoms with E-state index in [0.717, 1.165) is 15.0 Å². The summed E-state index contributed by atoms with van der Waals surface area (Å²) in [4.78, 5) is 23.0. The second kappa shape index (κ2) is 7.96. The van der Waals surface area contributed by atoms with Gasteiger partial charge in [0, 0.05) is 21.0 Å². The summed E-state index contributed by atoms with van der Waals surface area (Å²) in [6.07, 6.45) is 3.37. The Labute approximate surface area is 163 Å². The van der Waals surface area contributed by atoms with E-state index < -0.39 is 5.97 Å². The summed E-state index contributed by atoms with van der Waals surface area (Å²) < 4.78 is 2.81. The largest absolute Gasteiger partial charge is 0.478 e. The first kappa shape index (κ1) is 17.9. The molecule has 1 amide bonds. The number of aromatic carboxylic acids is 1. The molecule has 7 heteroatoms. The predicted molar refractivity (Wildman–Crippen MR) is 107 cm³/mol. The summed E-state index contributed by atoms with van der Waals surface area (Å²) in [5.41, 5.74) is 4.81. The van der Waals surface area contributed by atoms with Crippen molar-refractivity contribution in [3.63, 3.8) is 0 Å². The van der Waals surface area contributed by atoms with Crippen molar-refractivity contribution in [3.8, 4) is 5.69 Å². The van der Waals surface area contributed by atoms with E-state index in [1.54, 1.807) is 24.3 Å². The van der Waals surface area contributed by atoms with E-state index in [1.165, 1.54) is 18.3 Å². The van der Waals surface area contributed by atoms with E-state index >= 15 is 0 Å². The van der Waals surface area contributed by atoms with Crippen LogP contribution in [0.25, 0.3) is 5.69 Å². The third-order valence-electron chi connectivity index (χ3n) is 3.62. The van der Waals surface area contributed by atoms with Crippen LogP contribution < -0.4 is 5.43 Å². The van der Waals surface area contributed by atoms with Crippen molar-refractivity contribution in [2.24, 2.45) is 5.10 Å². The quantitative estimate of drug-likeness (QED) is 0.348. The number of carboxylic acid groups (broad SMARTS) is 1. The van der Waals surface area contributed by atoms with Gasteiger partial charge in [-0.1, -0.05) is 6.07 Å². The Balaban J connectivity index is 1.73. The van der Waals surface area contributed by atoms with Crippen LogP contribution in [0.4, 0.5) is 0 Å². The maximum atomic E-state index is 12.1. The van der Waals surface area contributed by atoms with Crippen LogP contribution in [0.15, 0.2) is 72.0 Å². The van der Waals surface area contributed by atoms with Crippen LogP contribution in [-0.2, 0) is 0 Å². The summed E-state index contributed by atoms with van der Waals surface area (Å²) in [7, 11) is 0. The molecule has 0 aliphatic carbocycles. The monoisotopic (exact) mass is 459 g/mol. The lowest BCUT2D eigenvalue weighted by molar-refractivity contribution is 0.0696. The number of hydrogen-bond donors (Lipinski definition) is 2. The fourth-order valence-electron chi connectivity index (χ4n) is 2.35. The predicted octanol–water partition coefficient (Wildman–Crippen LogP) is 3.54. The fourth-order valence-corrected chi connectivity index (χ4v) is 2.89. The molecule has 26 heavy (non-hydrogen) atoms. The average molecular weight is 459 g/mol. The molecule has 0 fully saturated rings. The Bertz CT molecular complexity index is 978. The SMILES string of the molecule is O=C(O)c1ccc(-n2cccc2/C=N\NC(=O)c2cccc(I)c2)cc1. The molecule has 0 radical (unpaired) electrons. The summed E-state index contributed by atoms with van der Waals surface area (Å²) in [6, 6.07) is 17.4. The highest BCUT2D eigenvalue weighted by Gasteiger charge is 2.06. The van der Waals surface area contributed by atoms with Crippen molar-refractivity contribution in [3.05, 3.63) is 87.3 Å². The Morgan fingerprint density at radius 3 is 2.50 bits per heavy atom. The zero-order valence-electron chi connectivity index (χ0n) is 13.5. The van der Waals surface area contributed by atoms with Gasteiger partial charge in [0.1, 0.15) is 0 Å². The normalized spacial score (nSPS) is 10.8. The molecule has 2 aromatic carbocycles. The number of carbonyl (C=O) groups excluding carboxylic acids is 1. The van der Waals surface area contributed by atoms with Gasteiger partial charge in [-0.05, 0) is 77.2 Å². The van der Waals surface area contributed by atoms with Crippen LogP contribution in [0.2, 0.25) is 0 Å². The number of hydrazone groups is 1. The molecule has 1 aromatic heterocycles. The van der Waals surface area contributed by atoms with Gasteiger partial charge in [-0.15, -0.1) is 0 Å². The highest BCUT2D eigenvalue weighted by atomic mass is 127. The van der Waals surface area contributed by atoms with Gasteiger partial charge in [0.05, 0.1) is 17.5 Å². The Morgan fingerprint density at radius 1 is 1.04 bits per heavy atom. The molecule has 1 heterocycles. The van der Waals surface area contributed by atoms with Gasteiger partial charge in [-0.25, -0.2) is 10.2 Å². The number of rotatable bonds is 5. The minimum absolute atomic E-state index is 0.223. The van der Waals surface area contributed by atoms with Gasteiger partial charge in [0.15, 0.2) is 0 Å². The average Bonchev–Trinajstić information content (AvgIpc) is 3.10. The first-order valence-corrected chi connectivity index (χ1v) is 8.72. The molecule has 2 N–H and O–H groups in total. The molecule has 0 aliphatic heterocycles. The van der Waals surface area contributed by atoms with Gasteiger partial charge in [0.25, 0.3) is 5.91 Å². The van der Waals surface area contributed by atoms with Crippen molar-refractivity contribution >= 4 is 40.7 Å². The van der Waals surface area contributed by atoms with Crippen molar-refractivity contribution in [2.75, 3.05) is 0 Å². The maximum absolute atomic E-state index is 12.1. The highest BCUT2D eigenvalue weighted by Crippen LogP contribution is 2.13. The smallest absolute Gasteiger partial charge is 0.335 e.